The summed E-state index contributed by atoms with van der Waals surface area (Å²) in [5.41, 5.74) is 0. The van der Waals surface area contributed by atoms with Crippen molar-refractivity contribution in [3.63, 3.8) is 0 Å². The summed E-state index contributed by atoms with van der Waals surface area (Å²) in [6.45, 7) is 4.14. The molecule has 0 radical (unpaired) electrons. The summed E-state index contributed by atoms with van der Waals surface area (Å²) in [4.78, 5) is 16.1. The van der Waals surface area contributed by atoms with E-state index in [2.05, 4.69) is 15.6 Å². The van der Waals surface area contributed by atoms with Gasteiger partial charge in [0.25, 0.3) is 0 Å². The number of amides is 1. The predicted molar refractivity (Wildman–Crippen MR) is 75.1 cm³/mol. The highest BCUT2D eigenvalue weighted by Gasteiger charge is 2.18. The van der Waals surface area contributed by atoms with Crippen LogP contribution in [0.2, 0.25) is 0 Å². The molecule has 106 valence electrons. The monoisotopic (exact) mass is 283 g/mol. The Morgan fingerprint density at radius 1 is 1.63 bits per heavy atom. The van der Waals surface area contributed by atoms with Crippen molar-refractivity contribution < 1.29 is 9.53 Å². The average Bonchev–Trinajstić information content (AvgIpc) is 2.97. The number of thiazole rings is 1. The molecular weight excluding hydrogens is 262 g/mol. The number of carbonyl (C=O) groups is 1. The minimum absolute atomic E-state index is 0.00382. The Kier molecular flexibility index (Phi) is 5.75. The number of aromatic nitrogens is 1. The van der Waals surface area contributed by atoms with Crippen LogP contribution in [0, 0.1) is 0 Å². The molecule has 1 amide bonds. The maximum absolute atomic E-state index is 11.9. The third kappa shape index (κ3) is 4.56. The van der Waals surface area contributed by atoms with Crippen molar-refractivity contribution in [2.75, 3.05) is 19.7 Å². The third-order valence-electron chi connectivity index (χ3n) is 3.23. The molecule has 0 bridgehead atoms. The normalized spacial score (nSPS) is 18.2. The fourth-order valence-electron chi connectivity index (χ4n) is 2.14. The molecule has 1 atom stereocenters. The van der Waals surface area contributed by atoms with Gasteiger partial charge >= 0.3 is 0 Å². The fraction of sp³-hybridized carbons (Fsp3) is 0.692. The quantitative estimate of drug-likeness (QED) is 0.830. The van der Waals surface area contributed by atoms with Gasteiger partial charge in [-0.05, 0) is 32.4 Å². The zero-order valence-electron chi connectivity index (χ0n) is 11.2. The number of hydrogen-bond donors (Lipinski definition) is 2. The van der Waals surface area contributed by atoms with Crippen molar-refractivity contribution in [1.29, 1.82) is 0 Å². The number of rotatable bonds is 6. The van der Waals surface area contributed by atoms with E-state index in [-0.39, 0.29) is 24.7 Å². The first-order valence-electron chi connectivity index (χ1n) is 6.80. The Bertz CT molecular complexity index is 377. The van der Waals surface area contributed by atoms with Crippen molar-refractivity contribution in [2.24, 2.45) is 0 Å². The minimum atomic E-state index is -0.0550. The molecule has 1 saturated heterocycles. The number of carbonyl (C=O) groups excluding carboxylic acids is 1. The first-order chi connectivity index (χ1) is 9.29. The van der Waals surface area contributed by atoms with Crippen LogP contribution in [0.5, 0.6) is 0 Å². The lowest BCUT2D eigenvalue weighted by atomic mass is 10.1. The summed E-state index contributed by atoms with van der Waals surface area (Å²) in [6.07, 6.45) is 4.79. The van der Waals surface area contributed by atoms with Crippen molar-refractivity contribution >= 4 is 17.2 Å². The van der Waals surface area contributed by atoms with Gasteiger partial charge in [0.1, 0.15) is 11.6 Å². The molecule has 0 spiro atoms. The molecule has 2 heterocycles. The van der Waals surface area contributed by atoms with Gasteiger partial charge in [-0.25, -0.2) is 4.98 Å². The van der Waals surface area contributed by atoms with Gasteiger partial charge < -0.3 is 15.4 Å². The number of nitrogens with zero attached hydrogens (tertiary/aromatic N) is 1. The van der Waals surface area contributed by atoms with Crippen LogP contribution in [0.15, 0.2) is 11.6 Å². The molecule has 1 fully saturated rings. The van der Waals surface area contributed by atoms with E-state index in [1.165, 1.54) is 0 Å². The zero-order chi connectivity index (χ0) is 13.5. The Morgan fingerprint density at radius 2 is 2.42 bits per heavy atom. The highest BCUT2D eigenvalue weighted by atomic mass is 32.1. The summed E-state index contributed by atoms with van der Waals surface area (Å²) < 4.78 is 5.64. The molecule has 1 aromatic heterocycles. The first kappa shape index (κ1) is 14.4. The first-order valence-corrected chi connectivity index (χ1v) is 7.68. The van der Waals surface area contributed by atoms with E-state index in [1.54, 1.807) is 17.5 Å². The van der Waals surface area contributed by atoms with E-state index in [0.717, 1.165) is 37.4 Å². The molecule has 2 N–H and O–H groups in total. The fourth-order valence-corrected chi connectivity index (χ4v) is 2.91. The lowest BCUT2D eigenvalue weighted by Crippen LogP contribution is -2.36. The van der Waals surface area contributed by atoms with Crippen molar-refractivity contribution in [3.05, 3.63) is 16.6 Å². The van der Waals surface area contributed by atoms with E-state index < -0.39 is 0 Å². The summed E-state index contributed by atoms with van der Waals surface area (Å²) in [5.74, 6) is -0.0550. The van der Waals surface area contributed by atoms with E-state index in [9.17, 15) is 4.79 Å². The van der Waals surface area contributed by atoms with Crippen LogP contribution in [0.3, 0.4) is 0 Å². The van der Waals surface area contributed by atoms with Crippen LogP contribution < -0.4 is 10.6 Å². The molecule has 1 aliphatic heterocycles. The number of nitrogens with one attached hydrogen (secondary N) is 2. The van der Waals surface area contributed by atoms with E-state index >= 15 is 0 Å². The summed E-state index contributed by atoms with van der Waals surface area (Å²) in [7, 11) is 0. The van der Waals surface area contributed by atoms with Gasteiger partial charge in [-0.15, -0.1) is 11.3 Å². The van der Waals surface area contributed by atoms with Gasteiger partial charge in [0, 0.05) is 11.6 Å². The van der Waals surface area contributed by atoms with Gasteiger partial charge in [-0.1, -0.05) is 6.92 Å². The lowest BCUT2D eigenvalue weighted by Gasteiger charge is -2.23. The second-order valence-electron chi connectivity index (χ2n) is 4.66. The summed E-state index contributed by atoms with van der Waals surface area (Å²) in [6, 6.07) is 0.00382. The van der Waals surface area contributed by atoms with Gasteiger partial charge in [-0.3, -0.25) is 4.79 Å². The van der Waals surface area contributed by atoms with Crippen molar-refractivity contribution in [1.82, 2.24) is 15.6 Å². The maximum Gasteiger partial charge on any atom is 0.246 e. The van der Waals surface area contributed by atoms with Gasteiger partial charge in [0.2, 0.25) is 5.91 Å². The number of piperidine rings is 1. The Hall–Kier alpha value is -0.980. The molecule has 2 rings (SSSR count). The maximum atomic E-state index is 11.9. The SMILES string of the molecule is CCC(NC(=O)COC1CCNCC1)c1nccs1. The van der Waals surface area contributed by atoms with Gasteiger partial charge in [0.15, 0.2) is 0 Å². The van der Waals surface area contributed by atoms with Crippen LogP contribution in [-0.2, 0) is 9.53 Å². The van der Waals surface area contributed by atoms with Crippen LogP contribution in [-0.4, -0.2) is 36.7 Å². The molecule has 6 heteroatoms. The van der Waals surface area contributed by atoms with Crippen molar-refractivity contribution in [2.45, 2.75) is 38.3 Å². The van der Waals surface area contributed by atoms with Crippen molar-refractivity contribution in [3.8, 4) is 0 Å². The Labute approximate surface area is 117 Å². The number of hydrogen-bond acceptors (Lipinski definition) is 5. The molecular formula is C13H21N3O2S. The minimum Gasteiger partial charge on any atom is -0.368 e. The molecule has 1 aromatic rings. The van der Waals surface area contributed by atoms with E-state index in [4.69, 9.17) is 4.74 Å². The third-order valence-corrected chi connectivity index (χ3v) is 4.12. The number of ether oxygens (including phenoxy) is 1. The summed E-state index contributed by atoms with van der Waals surface area (Å²) in [5, 5.41) is 9.13. The second-order valence-corrected chi connectivity index (χ2v) is 5.59. The topological polar surface area (TPSA) is 63.2 Å². The second kappa shape index (κ2) is 7.57. The zero-order valence-corrected chi connectivity index (χ0v) is 12.0. The molecule has 5 nitrogen and oxygen atoms in total. The van der Waals surface area contributed by atoms with Crippen LogP contribution >= 0.6 is 11.3 Å². The molecule has 0 aliphatic carbocycles. The lowest BCUT2D eigenvalue weighted by molar-refractivity contribution is -0.129. The predicted octanol–water partition coefficient (Wildman–Crippen LogP) is 1.48. The largest absolute Gasteiger partial charge is 0.368 e. The molecule has 1 unspecified atom stereocenters. The van der Waals surface area contributed by atoms with E-state index in [1.807, 2.05) is 12.3 Å². The molecule has 0 aromatic carbocycles. The standard InChI is InChI=1S/C13H21N3O2S/c1-2-11(13-15-7-8-19-13)16-12(17)9-18-10-3-5-14-6-4-10/h7-8,10-11,14H,2-6,9H2,1H3,(H,16,17). The molecule has 0 saturated carbocycles. The van der Waals surface area contributed by atoms with E-state index in [0.29, 0.717) is 0 Å². The van der Waals surface area contributed by atoms with Crippen LogP contribution in [0.25, 0.3) is 0 Å². The molecule has 19 heavy (non-hydrogen) atoms. The smallest absolute Gasteiger partial charge is 0.246 e. The highest BCUT2D eigenvalue weighted by molar-refractivity contribution is 7.09. The Balaban J connectivity index is 1.73. The highest BCUT2D eigenvalue weighted by Crippen LogP contribution is 2.18. The van der Waals surface area contributed by atoms with Crippen LogP contribution in [0.1, 0.15) is 37.2 Å². The molecule has 1 aliphatic rings. The summed E-state index contributed by atoms with van der Waals surface area (Å²) >= 11 is 1.57. The Morgan fingerprint density at radius 3 is 3.05 bits per heavy atom. The van der Waals surface area contributed by atoms with Gasteiger partial charge in [0.05, 0.1) is 12.1 Å². The average molecular weight is 283 g/mol. The van der Waals surface area contributed by atoms with Gasteiger partial charge in [-0.2, -0.15) is 0 Å². The van der Waals surface area contributed by atoms with Crippen LogP contribution in [0.4, 0.5) is 0 Å².